The van der Waals surface area contributed by atoms with E-state index in [9.17, 15) is 9.59 Å². The molecule has 2 aromatic rings. The average Bonchev–Trinajstić information content (AvgIpc) is 2.84. The monoisotopic (exact) mass is 393 g/mol. The highest BCUT2D eigenvalue weighted by Gasteiger charge is 2.31. The van der Waals surface area contributed by atoms with Crippen LogP contribution in [0.3, 0.4) is 0 Å². The van der Waals surface area contributed by atoms with Crippen LogP contribution in [0.15, 0.2) is 47.4 Å². The lowest BCUT2D eigenvalue weighted by molar-refractivity contribution is -0.121. The van der Waals surface area contributed by atoms with Gasteiger partial charge in [0.25, 0.3) is 11.1 Å². The maximum Gasteiger partial charge on any atom is 0.293 e. The van der Waals surface area contributed by atoms with E-state index in [1.54, 1.807) is 30.3 Å². The van der Waals surface area contributed by atoms with E-state index < -0.39 is 0 Å². The fourth-order valence-corrected chi connectivity index (χ4v) is 3.30. The zero-order valence-corrected chi connectivity index (χ0v) is 15.5. The van der Waals surface area contributed by atoms with Crippen molar-refractivity contribution in [3.05, 3.63) is 68.5 Å². The summed E-state index contributed by atoms with van der Waals surface area (Å²) in [5.41, 5.74) is 1.73. The Morgan fingerprint density at radius 2 is 1.80 bits per heavy atom. The lowest BCUT2D eigenvalue weighted by Gasteiger charge is -2.07. The highest BCUT2D eigenvalue weighted by atomic mass is 35.5. The molecule has 0 unspecified atom stereocenters. The van der Waals surface area contributed by atoms with Crippen LogP contribution in [-0.4, -0.2) is 23.1 Å². The number of rotatable bonds is 4. The number of ether oxygens (including phenoxy) is 1. The SMILES string of the molecule is CN1C(=O)SC(=Cc2ccc(OCc3ccc(Cl)c(Cl)c3)cc2)C1=O. The molecule has 25 heavy (non-hydrogen) atoms. The molecule has 0 N–H and O–H groups in total. The predicted octanol–water partition coefficient (Wildman–Crippen LogP) is 5.24. The second-order valence-corrected chi connectivity index (χ2v) is 7.15. The molecule has 0 aliphatic carbocycles. The van der Waals surface area contributed by atoms with Gasteiger partial charge in [0.15, 0.2) is 0 Å². The van der Waals surface area contributed by atoms with E-state index in [-0.39, 0.29) is 11.1 Å². The number of nitrogens with zero attached hydrogens (tertiary/aromatic N) is 1. The van der Waals surface area contributed by atoms with Crippen LogP contribution in [0.1, 0.15) is 11.1 Å². The highest BCUT2D eigenvalue weighted by Crippen LogP contribution is 2.31. The van der Waals surface area contributed by atoms with Gasteiger partial charge in [-0.25, -0.2) is 0 Å². The van der Waals surface area contributed by atoms with Crippen LogP contribution < -0.4 is 4.74 Å². The summed E-state index contributed by atoms with van der Waals surface area (Å²) in [6.45, 7) is 0.366. The van der Waals surface area contributed by atoms with Crippen molar-refractivity contribution in [2.75, 3.05) is 7.05 Å². The fraction of sp³-hybridized carbons (Fsp3) is 0.111. The molecule has 1 heterocycles. The third-order valence-electron chi connectivity index (χ3n) is 3.55. The lowest BCUT2D eigenvalue weighted by Crippen LogP contribution is -2.22. The van der Waals surface area contributed by atoms with Crippen molar-refractivity contribution in [2.24, 2.45) is 0 Å². The number of thioether (sulfide) groups is 1. The molecule has 0 aromatic heterocycles. The summed E-state index contributed by atoms with van der Waals surface area (Å²) in [6, 6.07) is 12.6. The molecule has 0 bridgehead atoms. The Balaban J connectivity index is 1.65. The molecule has 1 saturated heterocycles. The number of imide groups is 1. The quantitative estimate of drug-likeness (QED) is 0.666. The molecule has 4 nitrogen and oxygen atoms in total. The Hall–Kier alpha value is -1.95. The average molecular weight is 394 g/mol. The second kappa shape index (κ2) is 7.52. The minimum absolute atomic E-state index is 0.266. The highest BCUT2D eigenvalue weighted by molar-refractivity contribution is 8.18. The van der Waals surface area contributed by atoms with Crippen molar-refractivity contribution in [2.45, 2.75) is 6.61 Å². The first kappa shape index (κ1) is 17.9. The topological polar surface area (TPSA) is 46.6 Å². The Bertz CT molecular complexity index is 865. The number of halogens is 2. The molecule has 2 aromatic carbocycles. The maximum atomic E-state index is 11.9. The number of carbonyl (C=O) groups is 2. The standard InChI is InChI=1S/C18H13Cl2NO3S/c1-21-17(22)16(25-18(21)23)9-11-2-5-13(6-3-11)24-10-12-4-7-14(19)15(20)8-12/h2-9H,10H2,1H3. The van der Waals surface area contributed by atoms with Gasteiger partial charge < -0.3 is 4.74 Å². The summed E-state index contributed by atoms with van der Waals surface area (Å²) >= 11 is 12.8. The first-order chi connectivity index (χ1) is 11.9. The molecule has 128 valence electrons. The third-order valence-corrected chi connectivity index (χ3v) is 5.25. The van der Waals surface area contributed by atoms with Crippen molar-refractivity contribution in [3.63, 3.8) is 0 Å². The van der Waals surface area contributed by atoms with Gasteiger partial charge in [0.05, 0.1) is 15.0 Å². The number of hydrogen-bond acceptors (Lipinski definition) is 4. The van der Waals surface area contributed by atoms with Crippen molar-refractivity contribution in [1.82, 2.24) is 4.90 Å². The normalized spacial score (nSPS) is 16.0. The van der Waals surface area contributed by atoms with Crippen molar-refractivity contribution < 1.29 is 14.3 Å². The van der Waals surface area contributed by atoms with Crippen LogP contribution in [0.4, 0.5) is 4.79 Å². The van der Waals surface area contributed by atoms with Gasteiger partial charge in [0.2, 0.25) is 0 Å². The molecule has 3 rings (SSSR count). The lowest BCUT2D eigenvalue weighted by atomic mass is 10.2. The van der Waals surface area contributed by atoms with Gasteiger partial charge in [-0.15, -0.1) is 0 Å². The zero-order valence-electron chi connectivity index (χ0n) is 13.2. The van der Waals surface area contributed by atoms with Gasteiger partial charge in [0, 0.05) is 7.05 Å². The number of likely N-dealkylation sites (N-methyl/N-ethyl adjacent to an activating group) is 1. The molecule has 0 radical (unpaired) electrons. The van der Waals surface area contributed by atoms with Gasteiger partial charge in [-0.3, -0.25) is 14.5 Å². The number of amides is 2. The van der Waals surface area contributed by atoms with Crippen LogP contribution in [0.25, 0.3) is 6.08 Å². The first-order valence-electron chi connectivity index (χ1n) is 7.32. The van der Waals surface area contributed by atoms with E-state index in [0.717, 1.165) is 27.8 Å². The summed E-state index contributed by atoms with van der Waals surface area (Å²) in [5.74, 6) is 0.404. The van der Waals surface area contributed by atoms with Crippen LogP contribution >= 0.6 is 35.0 Å². The van der Waals surface area contributed by atoms with Gasteiger partial charge in [-0.1, -0.05) is 41.4 Å². The van der Waals surface area contributed by atoms with Crippen LogP contribution in [0, 0.1) is 0 Å². The molecule has 0 saturated carbocycles. The molecule has 0 spiro atoms. The van der Waals surface area contributed by atoms with E-state index in [0.29, 0.717) is 27.3 Å². The minimum atomic E-state index is -0.282. The van der Waals surface area contributed by atoms with E-state index >= 15 is 0 Å². The van der Waals surface area contributed by atoms with Gasteiger partial charge >= 0.3 is 0 Å². The summed E-state index contributed by atoms with van der Waals surface area (Å²) in [4.78, 5) is 24.9. The molecule has 0 atom stereocenters. The summed E-state index contributed by atoms with van der Waals surface area (Å²) in [6.07, 6.45) is 1.69. The van der Waals surface area contributed by atoms with E-state index in [1.165, 1.54) is 7.05 Å². The Morgan fingerprint density at radius 1 is 1.08 bits per heavy atom. The zero-order chi connectivity index (χ0) is 18.0. The number of benzene rings is 2. The third kappa shape index (κ3) is 4.18. The minimum Gasteiger partial charge on any atom is -0.489 e. The first-order valence-corrected chi connectivity index (χ1v) is 8.89. The molecule has 1 aliphatic rings. The smallest absolute Gasteiger partial charge is 0.293 e. The molecule has 1 aliphatic heterocycles. The van der Waals surface area contributed by atoms with Gasteiger partial charge in [0.1, 0.15) is 12.4 Å². The molecular formula is C18H13Cl2NO3S. The van der Waals surface area contributed by atoms with Crippen molar-refractivity contribution >= 4 is 52.2 Å². The van der Waals surface area contributed by atoms with Gasteiger partial charge in [-0.05, 0) is 53.2 Å². The number of carbonyl (C=O) groups excluding carboxylic acids is 2. The summed E-state index contributed by atoms with van der Waals surface area (Å²) in [7, 11) is 1.47. The largest absolute Gasteiger partial charge is 0.489 e. The molecule has 7 heteroatoms. The van der Waals surface area contributed by atoms with E-state index in [2.05, 4.69) is 0 Å². The fourth-order valence-electron chi connectivity index (χ4n) is 2.15. The summed E-state index contributed by atoms with van der Waals surface area (Å²) < 4.78 is 5.71. The Morgan fingerprint density at radius 3 is 2.40 bits per heavy atom. The predicted molar refractivity (Wildman–Crippen MR) is 101 cm³/mol. The van der Waals surface area contributed by atoms with Crippen LogP contribution in [0.5, 0.6) is 5.75 Å². The summed E-state index contributed by atoms with van der Waals surface area (Å²) in [5, 5.41) is 0.729. The van der Waals surface area contributed by atoms with Crippen molar-refractivity contribution in [1.29, 1.82) is 0 Å². The molecule has 2 amide bonds. The van der Waals surface area contributed by atoms with E-state index in [4.69, 9.17) is 27.9 Å². The number of hydrogen-bond donors (Lipinski definition) is 0. The van der Waals surface area contributed by atoms with Crippen LogP contribution in [-0.2, 0) is 11.4 Å². The molecule has 1 fully saturated rings. The second-order valence-electron chi connectivity index (χ2n) is 5.35. The van der Waals surface area contributed by atoms with Crippen LogP contribution in [0.2, 0.25) is 10.0 Å². The Kier molecular flexibility index (Phi) is 5.37. The maximum absolute atomic E-state index is 11.9. The van der Waals surface area contributed by atoms with Crippen molar-refractivity contribution in [3.8, 4) is 5.75 Å². The van der Waals surface area contributed by atoms with Gasteiger partial charge in [-0.2, -0.15) is 0 Å². The Labute approximate surface area is 159 Å². The molecular weight excluding hydrogens is 381 g/mol. The van der Waals surface area contributed by atoms with E-state index in [1.807, 2.05) is 18.2 Å².